The zero-order valence-corrected chi connectivity index (χ0v) is 28.9. The van der Waals surface area contributed by atoms with Crippen molar-refractivity contribution in [2.45, 2.75) is 142 Å². The van der Waals surface area contributed by atoms with Gasteiger partial charge in [0.25, 0.3) is 0 Å². The molecule has 0 amide bonds. The highest BCUT2D eigenvalue weighted by Crippen LogP contribution is 2.39. The van der Waals surface area contributed by atoms with Crippen molar-refractivity contribution >= 4 is 0 Å². The van der Waals surface area contributed by atoms with Crippen LogP contribution in [0.4, 0.5) is 0 Å². The van der Waals surface area contributed by atoms with Gasteiger partial charge >= 0.3 is 0 Å². The molecular weight excluding hydrogens is 528 g/mol. The van der Waals surface area contributed by atoms with E-state index in [1.807, 2.05) is 0 Å². The van der Waals surface area contributed by atoms with Gasteiger partial charge in [-0.3, -0.25) is 0 Å². The van der Waals surface area contributed by atoms with Crippen molar-refractivity contribution in [3.8, 4) is 0 Å². The van der Waals surface area contributed by atoms with Crippen LogP contribution in [0.2, 0.25) is 0 Å². The lowest BCUT2D eigenvalue weighted by atomic mass is 9.77. The van der Waals surface area contributed by atoms with Crippen molar-refractivity contribution < 1.29 is 0 Å². The van der Waals surface area contributed by atoms with Gasteiger partial charge < -0.3 is 0 Å². The van der Waals surface area contributed by atoms with Gasteiger partial charge in [0, 0.05) is 0 Å². The molecule has 0 N–H and O–H groups in total. The summed E-state index contributed by atoms with van der Waals surface area (Å²) in [5.74, 6) is 7.00. The van der Waals surface area contributed by atoms with Crippen molar-refractivity contribution in [1.82, 2.24) is 0 Å². The monoisotopic (exact) mass is 593 g/mol. The Kier molecular flexibility index (Phi) is 12.9. The molecule has 0 bridgehead atoms. The number of aryl methyl sites for hydroxylation is 2. The van der Waals surface area contributed by atoms with E-state index in [0.29, 0.717) is 0 Å². The van der Waals surface area contributed by atoms with Crippen molar-refractivity contribution in [2.24, 2.45) is 35.5 Å². The topological polar surface area (TPSA) is 0 Å². The van der Waals surface area contributed by atoms with E-state index in [4.69, 9.17) is 0 Å². The van der Waals surface area contributed by atoms with Gasteiger partial charge in [0.2, 0.25) is 0 Å². The van der Waals surface area contributed by atoms with Crippen LogP contribution in [-0.4, -0.2) is 0 Å². The first-order chi connectivity index (χ1) is 21.4. The predicted octanol–water partition coefficient (Wildman–Crippen LogP) is 13.3. The number of allylic oxidation sites excluding steroid dienone is 4. The van der Waals surface area contributed by atoms with Gasteiger partial charge in [-0.25, -0.2) is 0 Å². The first-order valence-electron chi connectivity index (χ1n) is 18.9. The standard InChI is InChI=1S/2C22H32/c2*1-17-3-7-19(8-4-17)9-10-20-11-15-22(16-12-20)21-13-5-18(2)6-14-21/h2*5-6,9-10,13-14,17,19-20,22H,3-4,7-8,11-12,15-16H2,1-2H3. The summed E-state index contributed by atoms with van der Waals surface area (Å²) in [7, 11) is 0. The Bertz CT molecular complexity index is 1020. The Balaban J connectivity index is 0.000000175. The molecule has 0 saturated heterocycles. The summed E-state index contributed by atoms with van der Waals surface area (Å²) in [5.41, 5.74) is 5.88. The minimum atomic E-state index is 0.806. The molecule has 0 spiro atoms. The molecule has 0 aromatic heterocycles. The molecule has 0 aliphatic heterocycles. The molecule has 2 aromatic carbocycles. The van der Waals surface area contributed by atoms with Crippen LogP contribution in [0.15, 0.2) is 72.8 Å². The lowest BCUT2D eigenvalue weighted by Crippen LogP contribution is -2.13. The second kappa shape index (κ2) is 17.0. The molecule has 0 heteroatoms. The summed E-state index contributed by atoms with van der Waals surface area (Å²) in [6.45, 7) is 9.17. The van der Waals surface area contributed by atoms with Crippen molar-refractivity contribution in [1.29, 1.82) is 0 Å². The predicted molar refractivity (Wildman–Crippen MR) is 192 cm³/mol. The highest BCUT2D eigenvalue weighted by atomic mass is 14.3. The molecule has 2 aromatic rings. The largest absolute Gasteiger partial charge is 0.0851 e. The van der Waals surface area contributed by atoms with E-state index >= 15 is 0 Å². The fourth-order valence-corrected chi connectivity index (χ4v) is 8.55. The molecule has 4 aliphatic carbocycles. The molecule has 0 radical (unpaired) electrons. The molecule has 6 rings (SSSR count). The van der Waals surface area contributed by atoms with Crippen LogP contribution in [0.3, 0.4) is 0 Å². The van der Waals surface area contributed by atoms with Crippen molar-refractivity contribution in [3.63, 3.8) is 0 Å². The van der Waals surface area contributed by atoms with Crippen LogP contribution in [-0.2, 0) is 0 Å². The average molecular weight is 593 g/mol. The Morgan fingerprint density at radius 2 is 0.614 bits per heavy atom. The molecule has 4 aliphatic rings. The summed E-state index contributed by atoms with van der Waals surface area (Å²) in [6, 6.07) is 18.5. The first kappa shape index (κ1) is 33.3. The van der Waals surface area contributed by atoms with E-state index in [1.165, 1.54) is 114 Å². The van der Waals surface area contributed by atoms with E-state index in [2.05, 4.69) is 101 Å². The quantitative estimate of drug-likeness (QED) is 0.293. The zero-order valence-electron chi connectivity index (χ0n) is 28.9. The summed E-state index contributed by atoms with van der Waals surface area (Å²) in [6.07, 6.45) is 32.8. The highest BCUT2D eigenvalue weighted by molar-refractivity contribution is 5.26. The Hall–Kier alpha value is -2.08. The van der Waals surface area contributed by atoms with Crippen LogP contribution in [0.1, 0.15) is 151 Å². The van der Waals surface area contributed by atoms with Crippen LogP contribution in [0.5, 0.6) is 0 Å². The maximum absolute atomic E-state index is 2.58. The maximum Gasteiger partial charge on any atom is -0.0162 e. The van der Waals surface area contributed by atoms with E-state index in [9.17, 15) is 0 Å². The Labute approximate surface area is 272 Å². The van der Waals surface area contributed by atoms with E-state index in [1.54, 1.807) is 11.1 Å². The minimum absolute atomic E-state index is 0.806. The second-order valence-electron chi connectivity index (χ2n) is 15.9. The maximum atomic E-state index is 2.58. The smallest absolute Gasteiger partial charge is 0.0162 e. The van der Waals surface area contributed by atoms with Crippen molar-refractivity contribution in [2.75, 3.05) is 0 Å². The number of hydrogen-bond acceptors (Lipinski definition) is 0. The molecule has 0 heterocycles. The number of benzene rings is 2. The molecule has 0 atom stereocenters. The van der Waals surface area contributed by atoms with Crippen LogP contribution >= 0.6 is 0 Å². The molecule has 44 heavy (non-hydrogen) atoms. The number of rotatable bonds is 6. The molecule has 240 valence electrons. The lowest BCUT2D eigenvalue weighted by molar-refractivity contribution is 0.327. The van der Waals surface area contributed by atoms with Gasteiger partial charge in [-0.2, -0.15) is 0 Å². The van der Waals surface area contributed by atoms with Gasteiger partial charge in [0.15, 0.2) is 0 Å². The third-order valence-corrected chi connectivity index (χ3v) is 12.1. The van der Waals surface area contributed by atoms with Gasteiger partial charge in [-0.1, -0.05) is 123 Å². The molecule has 4 fully saturated rings. The van der Waals surface area contributed by atoms with Crippen LogP contribution < -0.4 is 0 Å². The summed E-state index contributed by atoms with van der Waals surface area (Å²) in [5, 5.41) is 0. The Morgan fingerprint density at radius 1 is 0.364 bits per heavy atom. The summed E-state index contributed by atoms with van der Waals surface area (Å²) < 4.78 is 0. The SMILES string of the molecule is Cc1ccc(C2CCC(C=CC3CCC(C)CC3)CC2)cc1.Cc1ccc(C2CCC(C=CC3CCC(C)CC3)CC2)cc1. The van der Waals surface area contributed by atoms with Gasteiger partial charge in [0.1, 0.15) is 0 Å². The molecule has 0 unspecified atom stereocenters. The second-order valence-corrected chi connectivity index (χ2v) is 15.9. The molecule has 4 saturated carbocycles. The van der Waals surface area contributed by atoms with E-state index in [0.717, 1.165) is 47.3 Å². The number of hydrogen-bond donors (Lipinski definition) is 0. The summed E-state index contributed by atoms with van der Waals surface area (Å²) >= 11 is 0. The van der Waals surface area contributed by atoms with Gasteiger partial charge in [-0.15, -0.1) is 0 Å². The third-order valence-electron chi connectivity index (χ3n) is 12.1. The third kappa shape index (κ3) is 10.5. The summed E-state index contributed by atoms with van der Waals surface area (Å²) in [4.78, 5) is 0. The van der Waals surface area contributed by atoms with Crippen molar-refractivity contribution in [3.05, 3.63) is 95.1 Å². The highest BCUT2D eigenvalue weighted by Gasteiger charge is 2.23. The minimum Gasteiger partial charge on any atom is -0.0851 e. The van der Waals surface area contributed by atoms with E-state index < -0.39 is 0 Å². The molecule has 0 nitrogen and oxygen atoms in total. The Morgan fingerprint density at radius 3 is 0.886 bits per heavy atom. The fourth-order valence-electron chi connectivity index (χ4n) is 8.55. The zero-order chi connectivity index (χ0) is 30.7. The van der Waals surface area contributed by atoms with Gasteiger partial charge in [-0.05, 0) is 149 Å². The molecular formula is C44H64. The first-order valence-corrected chi connectivity index (χ1v) is 18.9. The van der Waals surface area contributed by atoms with Gasteiger partial charge in [0.05, 0.1) is 0 Å². The fraction of sp³-hybridized carbons (Fsp3) is 0.636. The van der Waals surface area contributed by atoms with E-state index in [-0.39, 0.29) is 0 Å². The van der Waals surface area contributed by atoms with Crippen LogP contribution in [0.25, 0.3) is 0 Å². The average Bonchev–Trinajstić information content (AvgIpc) is 3.06. The normalized spacial score (nSPS) is 33.2. The van der Waals surface area contributed by atoms with Crippen LogP contribution in [0, 0.1) is 49.4 Å². The lowest BCUT2D eigenvalue weighted by Gasteiger charge is -2.28.